The summed E-state index contributed by atoms with van der Waals surface area (Å²) in [7, 11) is 1.80. The third kappa shape index (κ3) is 3.26. The number of nitrogens with zero attached hydrogens (tertiary/aromatic N) is 2. The van der Waals surface area contributed by atoms with Crippen molar-refractivity contribution in [3.05, 3.63) is 6.20 Å². The molecule has 1 rings (SSSR count). The van der Waals surface area contributed by atoms with Crippen molar-refractivity contribution in [3.8, 4) is 5.88 Å². The molecule has 2 N–H and O–H groups in total. The SMILES string of the molecule is CC(C)OCCOc1nn(C)cc1N. The molecule has 0 amide bonds. The Kier molecular flexibility index (Phi) is 3.76. The van der Waals surface area contributed by atoms with E-state index in [0.29, 0.717) is 24.8 Å². The van der Waals surface area contributed by atoms with E-state index in [0.717, 1.165) is 0 Å². The van der Waals surface area contributed by atoms with Crippen molar-refractivity contribution in [3.63, 3.8) is 0 Å². The van der Waals surface area contributed by atoms with Crippen molar-refractivity contribution in [1.29, 1.82) is 0 Å². The maximum atomic E-state index is 5.63. The highest BCUT2D eigenvalue weighted by Gasteiger charge is 2.04. The van der Waals surface area contributed by atoms with Gasteiger partial charge in [0.1, 0.15) is 12.3 Å². The first-order valence-electron chi connectivity index (χ1n) is 4.63. The second-order valence-electron chi connectivity index (χ2n) is 3.33. The molecule has 0 saturated carbocycles. The fraction of sp³-hybridized carbons (Fsp3) is 0.667. The number of aromatic nitrogens is 2. The highest BCUT2D eigenvalue weighted by atomic mass is 16.5. The minimum Gasteiger partial charge on any atom is -0.473 e. The molecule has 0 aliphatic rings. The predicted octanol–water partition coefficient (Wildman–Crippen LogP) is 0.806. The van der Waals surface area contributed by atoms with Gasteiger partial charge in [0.2, 0.25) is 0 Å². The average Bonchev–Trinajstić information content (AvgIpc) is 2.39. The van der Waals surface area contributed by atoms with E-state index in [-0.39, 0.29) is 6.10 Å². The van der Waals surface area contributed by atoms with E-state index in [1.807, 2.05) is 13.8 Å². The van der Waals surface area contributed by atoms with Crippen molar-refractivity contribution in [2.24, 2.45) is 7.05 Å². The number of anilines is 1. The molecule has 0 aliphatic carbocycles. The van der Waals surface area contributed by atoms with E-state index in [4.69, 9.17) is 15.2 Å². The first-order valence-corrected chi connectivity index (χ1v) is 4.63. The van der Waals surface area contributed by atoms with Crippen LogP contribution in [0.25, 0.3) is 0 Å². The van der Waals surface area contributed by atoms with Crippen molar-refractivity contribution in [2.45, 2.75) is 20.0 Å². The number of ether oxygens (including phenoxy) is 2. The average molecular weight is 199 g/mol. The monoisotopic (exact) mass is 199 g/mol. The summed E-state index contributed by atoms with van der Waals surface area (Å²) in [5, 5.41) is 4.04. The summed E-state index contributed by atoms with van der Waals surface area (Å²) in [5.41, 5.74) is 6.19. The van der Waals surface area contributed by atoms with Crippen LogP contribution in [0.4, 0.5) is 5.69 Å². The van der Waals surface area contributed by atoms with Gasteiger partial charge >= 0.3 is 0 Å². The Bertz CT molecular complexity index is 284. The van der Waals surface area contributed by atoms with E-state index in [1.165, 1.54) is 0 Å². The summed E-state index contributed by atoms with van der Waals surface area (Å²) >= 11 is 0. The maximum absolute atomic E-state index is 5.63. The molecule has 1 heterocycles. The third-order valence-corrected chi connectivity index (χ3v) is 1.59. The van der Waals surface area contributed by atoms with Crippen LogP contribution in [0.1, 0.15) is 13.8 Å². The van der Waals surface area contributed by atoms with Gasteiger partial charge in [0, 0.05) is 7.05 Å². The Morgan fingerprint density at radius 2 is 2.21 bits per heavy atom. The summed E-state index contributed by atoms with van der Waals surface area (Å²) in [6, 6.07) is 0. The summed E-state index contributed by atoms with van der Waals surface area (Å²) in [6.07, 6.45) is 1.93. The summed E-state index contributed by atoms with van der Waals surface area (Å²) in [5.74, 6) is 0.472. The minimum absolute atomic E-state index is 0.222. The maximum Gasteiger partial charge on any atom is 0.256 e. The molecule has 80 valence electrons. The number of hydrogen-bond acceptors (Lipinski definition) is 4. The number of hydrogen-bond donors (Lipinski definition) is 1. The molecule has 0 aromatic carbocycles. The van der Waals surface area contributed by atoms with Gasteiger partial charge in [-0.15, -0.1) is 5.10 Å². The molecule has 0 atom stereocenters. The fourth-order valence-corrected chi connectivity index (χ4v) is 1.02. The third-order valence-electron chi connectivity index (χ3n) is 1.59. The Balaban J connectivity index is 2.28. The van der Waals surface area contributed by atoms with Crippen molar-refractivity contribution < 1.29 is 9.47 Å². The van der Waals surface area contributed by atoms with Crippen LogP contribution in [-0.2, 0) is 11.8 Å². The normalized spacial score (nSPS) is 10.9. The molecule has 0 unspecified atom stereocenters. The number of aryl methyl sites for hydroxylation is 1. The van der Waals surface area contributed by atoms with Crippen molar-refractivity contribution in [1.82, 2.24) is 9.78 Å². The van der Waals surface area contributed by atoms with E-state index in [1.54, 1.807) is 17.9 Å². The lowest BCUT2D eigenvalue weighted by Crippen LogP contribution is -2.12. The Hall–Kier alpha value is -1.23. The molecule has 0 aliphatic heterocycles. The van der Waals surface area contributed by atoms with E-state index >= 15 is 0 Å². The first kappa shape index (κ1) is 10.8. The first-order chi connectivity index (χ1) is 6.59. The predicted molar refractivity (Wildman–Crippen MR) is 54.2 cm³/mol. The standard InChI is InChI=1S/C9H17N3O2/c1-7(2)13-4-5-14-9-8(10)6-12(3)11-9/h6-7H,4-5,10H2,1-3H3. The van der Waals surface area contributed by atoms with Crippen molar-refractivity contribution >= 4 is 5.69 Å². The molecule has 1 aromatic rings. The Labute approximate surface area is 83.8 Å². The molecule has 0 radical (unpaired) electrons. The molecule has 0 saturated heterocycles. The van der Waals surface area contributed by atoms with Gasteiger partial charge in [-0.2, -0.15) is 0 Å². The van der Waals surface area contributed by atoms with Crippen LogP contribution in [0, 0.1) is 0 Å². The lowest BCUT2D eigenvalue weighted by atomic mass is 10.5. The fourth-order valence-electron chi connectivity index (χ4n) is 1.02. The zero-order valence-corrected chi connectivity index (χ0v) is 8.86. The molecule has 0 bridgehead atoms. The quantitative estimate of drug-likeness (QED) is 0.713. The molecule has 1 aromatic heterocycles. The van der Waals surface area contributed by atoms with Gasteiger partial charge < -0.3 is 15.2 Å². The van der Waals surface area contributed by atoms with E-state index in [2.05, 4.69) is 5.10 Å². The molecule has 0 spiro atoms. The van der Waals surface area contributed by atoms with Crippen LogP contribution in [0.5, 0.6) is 5.88 Å². The second-order valence-corrected chi connectivity index (χ2v) is 3.33. The van der Waals surface area contributed by atoms with Crippen LogP contribution in [0.3, 0.4) is 0 Å². The van der Waals surface area contributed by atoms with Gasteiger partial charge in [-0.3, -0.25) is 4.68 Å². The number of nitrogen functional groups attached to an aromatic ring is 1. The minimum atomic E-state index is 0.222. The van der Waals surface area contributed by atoms with E-state index in [9.17, 15) is 0 Å². The topological polar surface area (TPSA) is 62.3 Å². The molecule has 14 heavy (non-hydrogen) atoms. The smallest absolute Gasteiger partial charge is 0.256 e. The van der Waals surface area contributed by atoms with Gasteiger partial charge in [0.05, 0.1) is 18.9 Å². The summed E-state index contributed by atoms with van der Waals surface area (Å²) in [6.45, 7) is 4.98. The van der Waals surface area contributed by atoms with Crippen LogP contribution < -0.4 is 10.5 Å². The largest absolute Gasteiger partial charge is 0.473 e. The highest BCUT2D eigenvalue weighted by molar-refractivity contribution is 5.45. The highest BCUT2D eigenvalue weighted by Crippen LogP contribution is 2.16. The number of nitrogens with two attached hydrogens (primary N) is 1. The van der Waals surface area contributed by atoms with Crippen LogP contribution in [-0.4, -0.2) is 29.1 Å². The van der Waals surface area contributed by atoms with Crippen LogP contribution in [0.15, 0.2) is 6.20 Å². The lowest BCUT2D eigenvalue weighted by Gasteiger charge is -2.07. The Morgan fingerprint density at radius 3 is 2.71 bits per heavy atom. The lowest BCUT2D eigenvalue weighted by molar-refractivity contribution is 0.0543. The zero-order valence-electron chi connectivity index (χ0n) is 8.86. The summed E-state index contributed by atoms with van der Waals surface area (Å²) < 4.78 is 12.3. The van der Waals surface area contributed by atoms with Crippen LogP contribution in [0.2, 0.25) is 0 Å². The number of rotatable bonds is 5. The molecular formula is C9H17N3O2. The molecular weight excluding hydrogens is 182 g/mol. The summed E-state index contributed by atoms with van der Waals surface area (Å²) in [4.78, 5) is 0. The van der Waals surface area contributed by atoms with Gasteiger partial charge in [0.25, 0.3) is 5.88 Å². The molecule has 5 heteroatoms. The zero-order chi connectivity index (χ0) is 10.6. The Morgan fingerprint density at radius 1 is 1.50 bits per heavy atom. The molecule has 5 nitrogen and oxygen atoms in total. The second kappa shape index (κ2) is 4.85. The molecule has 0 fully saturated rings. The van der Waals surface area contributed by atoms with Gasteiger partial charge in [-0.05, 0) is 13.8 Å². The van der Waals surface area contributed by atoms with Crippen LogP contribution >= 0.6 is 0 Å². The van der Waals surface area contributed by atoms with Crippen molar-refractivity contribution in [2.75, 3.05) is 18.9 Å². The van der Waals surface area contributed by atoms with Gasteiger partial charge in [0.15, 0.2) is 0 Å². The van der Waals surface area contributed by atoms with E-state index < -0.39 is 0 Å². The van der Waals surface area contributed by atoms with Gasteiger partial charge in [-0.1, -0.05) is 0 Å². The van der Waals surface area contributed by atoms with Gasteiger partial charge in [-0.25, -0.2) is 0 Å².